The van der Waals surface area contributed by atoms with Gasteiger partial charge in [-0.15, -0.1) is 0 Å². The van der Waals surface area contributed by atoms with Crippen molar-refractivity contribution in [3.63, 3.8) is 0 Å². The molecular weight excluding hydrogens is 468 g/mol. The normalized spacial score (nSPS) is 20.3. The molecule has 4 aromatic rings. The molecule has 186 valence electrons. The first kappa shape index (κ1) is 22.9. The van der Waals surface area contributed by atoms with E-state index in [2.05, 4.69) is 25.0 Å². The average Bonchev–Trinajstić information content (AvgIpc) is 3.60. The summed E-state index contributed by atoms with van der Waals surface area (Å²) in [5.41, 5.74) is 3.25. The lowest BCUT2D eigenvalue weighted by molar-refractivity contribution is -0.0526. The third-order valence-electron chi connectivity index (χ3n) is 6.68. The van der Waals surface area contributed by atoms with E-state index >= 15 is 0 Å². The molecule has 9 nitrogen and oxygen atoms in total. The molecule has 0 spiro atoms. The summed E-state index contributed by atoms with van der Waals surface area (Å²) in [5.74, 6) is -1.12. The highest BCUT2D eigenvalue weighted by atomic mass is 19.1. The van der Waals surface area contributed by atoms with Gasteiger partial charge in [0.2, 0.25) is 5.95 Å². The summed E-state index contributed by atoms with van der Waals surface area (Å²) in [6.45, 7) is 4.18. The molecule has 2 fully saturated rings. The fraction of sp³-hybridized carbons (Fsp3) is 0.400. The number of aromatic nitrogens is 6. The number of hydrogen-bond donors (Lipinski definition) is 1. The zero-order valence-electron chi connectivity index (χ0n) is 19.9. The molecule has 0 bridgehead atoms. The van der Waals surface area contributed by atoms with Crippen molar-refractivity contribution in [2.24, 2.45) is 0 Å². The second-order valence-electron chi connectivity index (χ2n) is 9.38. The van der Waals surface area contributed by atoms with E-state index in [9.17, 15) is 13.9 Å². The van der Waals surface area contributed by atoms with Crippen molar-refractivity contribution in [3.05, 3.63) is 59.2 Å². The number of halogens is 2. The molecule has 36 heavy (non-hydrogen) atoms. The molecule has 1 saturated heterocycles. The lowest BCUT2D eigenvalue weighted by Crippen LogP contribution is -2.46. The van der Waals surface area contributed by atoms with Crippen LogP contribution in [0.2, 0.25) is 0 Å². The summed E-state index contributed by atoms with van der Waals surface area (Å²) in [7, 11) is 0. The highest BCUT2D eigenvalue weighted by molar-refractivity contribution is 5.88. The standard InChI is InChI=1S/C25H25F2N7O2/c1-13-14(2)30-24-23(29-13)22(19-6-3-16(26)7-20(19)27)31-25(32-24)33-10-18(12-35)36-21(11-33)15-8-28-34(9-15)17-4-5-17/h3,6-9,17-18,21,35H,4-5,10-12H2,1-2H3/t18-,21-/m0/s1. The van der Waals surface area contributed by atoms with Gasteiger partial charge >= 0.3 is 0 Å². The Morgan fingerprint density at radius 3 is 2.61 bits per heavy atom. The predicted molar refractivity (Wildman–Crippen MR) is 127 cm³/mol. The molecule has 0 amide bonds. The summed E-state index contributed by atoms with van der Waals surface area (Å²) in [6, 6.07) is 3.79. The summed E-state index contributed by atoms with van der Waals surface area (Å²) in [5, 5.41) is 14.4. The van der Waals surface area contributed by atoms with Crippen LogP contribution in [0.4, 0.5) is 14.7 Å². The molecule has 11 heteroatoms. The first-order valence-electron chi connectivity index (χ1n) is 11.9. The number of aliphatic hydroxyl groups is 1. The second-order valence-corrected chi connectivity index (χ2v) is 9.38. The van der Waals surface area contributed by atoms with Gasteiger partial charge in [-0.2, -0.15) is 10.1 Å². The molecule has 0 unspecified atom stereocenters. The second kappa shape index (κ2) is 8.82. The van der Waals surface area contributed by atoms with Crippen molar-refractivity contribution in [1.82, 2.24) is 29.7 Å². The van der Waals surface area contributed by atoms with Gasteiger partial charge in [-0.3, -0.25) is 4.68 Å². The SMILES string of the molecule is Cc1nc2nc(N3C[C@@H](CO)O[C@H](c4cnn(C5CC5)c4)C3)nc(-c3ccc(F)cc3F)c2nc1C. The number of fused-ring (bicyclic) bond motifs is 1. The Balaban J connectivity index is 1.44. The minimum absolute atomic E-state index is 0.108. The predicted octanol–water partition coefficient (Wildman–Crippen LogP) is 3.45. The lowest BCUT2D eigenvalue weighted by atomic mass is 10.1. The Morgan fingerprint density at radius 1 is 1.06 bits per heavy atom. The zero-order chi connectivity index (χ0) is 25.0. The molecule has 1 aliphatic carbocycles. The molecule has 3 aromatic heterocycles. The van der Waals surface area contributed by atoms with Crippen LogP contribution in [-0.2, 0) is 4.74 Å². The van der Waals surface area contributed by atoms with Gasteiger partial charge in [0, 0.05) is 29.9 Å². The fourth-order valence-corrected chi connectivity index (χ4v) is 4.46. The summed E-state index contributed by atoms with van der Waals surface area (Å²) in [6.07, 6.45) is 5.16. The third kappa shape index (κ3) is 4.18. The number of nitrogens with zero attached hydrogens (tertiary/aromatic N) is 7. The Hall–Kier alpha value is -3.57. The monoisotopic (exact) mass is 493 g/mol. The van der Waals surface area contributed by atoms with Crippen LogP contribution in [0.1, 0.15) is 41.9 Å². The molecule has 1 saturated carbocycles. The molecule has 1 aliphatic heterocycles. The van der Waals surface area contributed by atoms with E-state index in [1.165, 1.54) is 12.1 Å². The smallest absolute Gasteiger partial charge is 0.228 e. The molecule has 4 heterocycles. The van der Waals surface area contributed by atoms with Gasteiger partial charge < -0.3 is 14.7 Å². The van der Waals surface area contributed by atoms with Crippen LogP contribution in [-0.4, -0.2) is 60.6 Å². The zero-order valence-corrected chi connectivity index (χ0v) is 19.9. The minimum atomic E-state index is -0.749. The highest BCUT2D eigenvalue weighted by Gasteiger charge is 2.33. The number of benzene rings is 1. The number of aliphatic hydroxyl groups excluding tert-OH is 1. The van der Waals surface area contributed by atoms with Crippen LogP contribution in [0.15, 0.2) is 30.6 Å². The number of rotatable bonds is 5. The van der Waals surface area contributed by atoms with Crippen molar-refractivity contribution in [2.45, 2.75) is 44.9 Å². The van der Waals surface area contributed by atoms with Gasteiger partial charge in [0.05, 0.1) is 42.9 Å². The minimum Gasteiger partial charge on any atom is -0.394 e. The van der Waals surface area contributed by atoms with E-state index in [4.69, 9.17) is 4.74 Å². The largest absolute Gasteiger partial charge is 0.394 e. The summed E-state index contributed by atoms with van der Waals surface area (Å²) < 4.78 is 36.6. The van der Waals surface area contributed by atoms with Crippen LogP contribution >= 0.6 is 0 Å². The van der Waals surface area contributed by atoms with Gasteiger partial charge in [0.1, 0.15) is 28.9 Å². The lowest BCUT2D eigenvalue weighted by Gasteiger charge is -2.37. The van der Waals surface area contributed by atoms with E-state index in [0.717, 1.165) is 24.5 Å². The number of aryl methyl sites for hydroxylation is 2. The maximum Gasteiger partial charge on any atom is 0.228 e. The molecule has 0 radical (unpaired) electrons. The van der Waals surface area contributed by atoms with Gasteiger partial charge in [0.25, 0.3) is 0 Å². The van der Waals surface area contributed by atoms with Crippen molar-refractivity contribution in [2.75, 3.05) is 24.6 Å². The Kier molecular flexibility index (Phi) is 5.60. The van der Waals surface area contributed by atoms with E-state index in [-0.39, 0.29) is 24.0 Å². The first-order valence-corrected chi connectivity index (χ1v) is 11.9. The first-order chi connectivity index (χ1) is 17.4. The highest BCUT2D eigenvalue weighted by Crippen LogP contribution is 2.36. The number of ether oxygens (including phenoxy) is 1. The maximum absolute atomic E-state index is 14.9. The summed E-state index contributed by atoms with van der Waals surface area (Å²) in [4.78, 5) is 20.4. The number of morpholine rings is 1. The summed E-state index contributed by atoms with van der Waals surface area (Å²) >= 11 is 0. The topological polar surface area (TPSA) is 102 Å². The third-order valence-corrected chi connectivity index (χ3v) is 6.68. The molecule has 2 atom stereocenters. The van der Waals surface area contributed by atoms with Crippen LogP contribution in [0, 0.1) is 25.5 Å². The van der Waals surface area contributed by atoms with E-state index in [0.29, 0.717) is 47.6 Å². The van der Waals surface area contributed by atoms with Gasteiger partial charge in [-0.05, 0) is 38.8 Å². The van der Waals surface area contributed by atoms with Crippen molar-refractivity contribution >= 4 is 17.1 Å². The van der Waals surface area contributed by atoms with E-state index < -0.39 is 17.7 Å². The maximum atomic E-state index is 14.9. The van der Waals surface area contributed by atoms with Gasteiger partial charge in [-0.25, -0.2) is 23.7 Å². The quantitative estimate of drug-likeness (QED) is 0.451. The van der Waals surface area contributed by atoms with E-state index in [1.54, 1.807) is 13.1 Å². The van der Waals surface area contributed by atoms with Gasteiger partial charge in [0.15, 0.2) is 5.65 Å². The van der Waals surface area contributed by atoms with Crippen LogP contribution in [0.25, 0.3) is 22.4 Å². The van der Waals surface area contributed by atoms with Crippen LogP contribution < -0.4 is 4.90 Å². The average molecular weight is 494 g/mol. The Bertz CT molecular complexity index is 1460. The fourth-order valence-electron chi connectivity index (χ4n) is 4.46. The van der Waals surface area contributed by atoms with Gasteiger partial charge in [-0.1, -0.05) is 0 Å². The van der Waals surface area contributed by atoms with E-state index in [1.807, 2.05) is 22.7 Å². The Labute approximate surface area is 205 Å². The van der Waals surface area contributed by atoms with Crippen molar-refractivity contribution in [1.29, 1.82) is 0 Å². The Morgan fingerprint density at radius 2 is 1.86 bits per heavy atom. The van der Waals surface area contributed by atoms with Crippen molar-refractivity contribution < 1.29 is 18.6 Å². The molecule has 1 N–H and O–H groups in total. The van der Waals surface area contributed by atoms with Crippen molar-refractivity contribution in [3.8, 4) is 11.3 Å². The molecular formula is C25H25F2N7O2. The molecule has 6 rings (SSSR count). The van der Waals surface area contributed by atoms with Crippen LogP contribution in [0.5, 0.6) is 0 Å². The molecule has 2 aliphatic rings. The number of hydrogen-bond acceptors (Lipinski definition) is 8. The molecule has 1 aromatic carbocycles. The number of anilines is 1. The van der Waals surface area contributed by atoms with Crippen LogP contribution in [0.3, 0.4) is 0 Å².